The van der Waals surface area contributed by atoms with Crippen LogP contribution in [0.25, 0.3) is 0 Å². The summed E-state index contributed by atoms with van der Waals surface area (Å²) in [7, 11) is 0. The van der Waals surface area contributed by atoms with Crippen molar-refractivity contribution in [1.29, 1.82) is 0 Å². The van der Waals surface area contributed by atoms with E-state index in [-0.39, 0.29) is 10.8 Å². The first kappa shape index (κ1) is 19.7. The molecule has 0 aliphatic heterocycles. The molecule has 0 heterocycles. The van der Waals surface area contributed by atoms with E-state index in [9.17, 15) is 0 Å². The van der Waals surface area contributed by atoms with Gasteiger partial charge in [-0.1, -0.05) is 0 Å². The van der Waals surface area contributed by atoms with Crippen LogP contribution in [0.3, 0.4) is 0 Å². The summed E-state index contributed by atoms with van der Waals surface area (Å²) in [6.45, 7) is 10.3. The maximum absolute atomic E-state index is 6.01. The minimum atomic E-state index is 0.0322. The molecule has 24 heavy (non-hydrogen) atoms. The Bertz CT molecular complexity index is 621. The molecule has 0 fully saturated rings. The summed E-state index contributed by atoms with van der Waals surface area (Å²) in [6, 6.07) is 17.6. The number of hydrogen-bond donors (Lipinski definition) is 2. The Morgan fingerprint density at radius 1 is 0.667 bits per heavy atom. The Hall–Kier alpha value is -0.601. The van der Waals surface area contributed by atoms with Crippen LogP contribution in [-0.2, 0) is 10.8 Å². The molecule has 0 aliphatic carbocycles. The molecule has 4 N–H and O–H groups in total. The Kier molecular flexibility index (Phi) is 6.73. The summed E-state index contributed by atoms with van der Waals surface area (Å²) in [5, 5.41) is 0. The number of benzene rings is 2. The van der Waals surface area contributed by atoms with Crippen molar-refractivity contribution >= 4 is 35.2 Å². The summed E-state index contributed by atoms with van der Waals surface area (Å²) in [4.78, 5) is 0. The fourth-order valence-electron chi connectivity index (χ4n) is 2.51. The summed E-state index contributed by atoms with van der Waals surface area (Å²) in [5.41, 5.74) is 14.9. The van der Waals surface area contributed by atoms with Crippen LogP contribution in [0, 0.1) is 0 Å². The van der Waals surface area contributed by atoms with Gasteiger partial charge >= 0.3 is 158 Å². The van der Waals surface area contributed by atoms with Crippen molar-refractivity contribution in [2.45, 2.75) is 38.5 Å². The van der Waals surface area contributed by atoms with Gasteiger partial charge in [-0.2, -0.15) is 0 Å². The second-order valence-electron chi connectivity index (χ2n) is 7.34. The molecule has 0 radical (unpaired) electrons. The van der Waals surface area contributed by atoms with E-state index in [4.69, 9.17) is 11.5 Å². The molecule has 0 bridgehead atoms. The van der Waals surface area contributed by atoms with Crippen LogP contribution in [0.1, 0.15) is 38.8 Å². The average Bonchev–Trinajstić information content (AvgIpc) is 2.60. The van der Waals surface area contributed by atoms with Crippen molar-refractivity contribution in [2.24, 2.45) is 11.5 Å². The third kappa shape index (κ3) is 4.52. The third-order valence-electron chi connectivity index (χ3n) is 4.47. The maximum atomic E-state index is 6.01. The van der Waals surface area contributed by atoms with Crippen molar-refractivity contribution < 1.29 is 0 Å². The van der Waals surface area contributed by atoms with Gasteiger partial charge in [-0.25, -0.2) is 0 Å². The van der Waals surface area contributed by atoms with Gasteiger partial charge in [0.2, 0.25) is 0 Å². The molecule has 2 aromatic carbocycles. The van der Waals surface area contributed by atoms with Gasteiger partial charge in [0.05, 0.1) is 0 Å². The van der Waals surface area contributed by atoms with Gasteiger partial charge in [0.15, 0.2) is 0 Å². The van der Waals surface area contributed by atoms with Crippen molar-refractivity contribution in [1.82, 2.24) is 0 Å². The molecule has 4 heteroatoms. The second-order valence-corrected chi connectivity index (χ2v) is 13.5. The van der Waals surface area contributed by atoms with Crippen molar-refractivity contribution in [3.05, 3.63) is 59.7 Å². The molecular weight excluding hydrogens is 426 g/mol. The van der Waals surface area contributed by atoms with Gasteiger partial charge in [-0.3, -0.25) is 0 Å². The SMILES string of the molecule is CC(C)(CN)c1ccccc1[Se][Se]c1ccccc1C(C)(C)CN. The van der Waals surface area contributed by atoms with Crippen molar-refractivity contribution in [3.8, 4) is 0 Å². The van der Waals surface area contributed by atoms with Crippen LogP contribution >= 0.6 is 0 Å². The van der Waals surface area contributed by atoms with E-state index in [1.807, 2.05) is 0 Å². The van der Waals surface area contributed by atoms with E-state index in [2.05, 4.69) is 76.2 Å². The van der Waals surface area contributed by atoms with Crippen LogP contribution in [0.15, 0.2) is 48.5 Å². The van der Waals surface area contributed by atoms with E-state index in [1.165, 1.54) is 20.1 Å². The van der Waals surface area contributed by atoms with E-state index in [0.29, 0.717) is 39.4 Å². The molecule has 2 rings (SSSR count). The molecule has 0 saturated heterocycles. The Balaban J connectivity index is 2.28. The number of rotatable bonds is 7. The standard InChI is InChI=1S/C20H28N2Se2/c1-19(2,13-21)15-9-5-7-11-17(15)23-24-18-12-8-6-10-16(18)20(3,4)14-22/h5-12H,13-14,21-22H2,1-4H3. The zero-order chi connectivity index (χ0) is 17.8. The van der Waals surface area contributed by atoms with Crippen LogP contribution in [0.2, 0.25) is 0 Å². The molecule has 0 aromatic heterocycles. The number of nitrogens with two attached hydrogens (primary N) is 2. The van der Waals surface area contributed by atoms with Crippen LogP contribution in [0.5, 0.6) is 0 Å². The predicted molar refractivity (Wildman–Crippen MR) is 108 cm³/mol. The zero-order valence-corrected chi connectivity index (χ0v) is 18.4. The predicted octanol–water partition coefficient (Wildman–Crippen LogP) is 1.43. The Labute approximate surface area is 157 Å². The molecule has 0 amide bonds. The summed E-state index contributed by atoms with van der Waals surface area (Å²) in [5.74, 6) is 0. The third-order valence-corrected chi connectivity index (χ3v) is 11.7. The quantitative estimate of drug-likeness (QED) is 0.623. The van der Waals surface area contributed by atoms with Gasteiger partial charge in [0.25, 0.3) is 0 Å². The van der Waals surface area contributed by atoms with Gasteiger partial charge < -0.3 is 0 Å². The Morgan fingerprint density at radius 2 is 1.00 bits per heavy atom. The zero-order valence-electron chi connectivity index (χ0n) is 15.0. The molecule has 0 atom stereocenters. The van der Waals surface area contributed by atoms with E-state index in [1.54, 1.807) is 0 Å². The van der Waals surface area contributed by atoms with Crippen molar-refractivity contribution in [2.75, 3.05) is 13.1 Å². The molecular formula is C20H28N2Se2. The molecule has 0 unspecified atom stereocenters. The fourth-order valence-corrected chi connectivity index (χ4v) is 10.4. The number of hydrogen-bond acceptors (Lipinski definition) is 2. The van der Waals surface area contributed by atoms with E-state index >= 15 is 0 Å². The monoisotopic (exact) mass is 456 g/mol. The summed E-state index contributed by atoms with van der Waals surface area (Å²) in [6.07, 6.45) is 0. The van der Waals surface area contributed by atoms with E-state index in [0.717, 1.165) is 0 Å². The average molecular weight is 454 g/mol. The van der Waals surface area contributed by atoms with Gasteiger partial charge in [0.1, 0.15) is 0 Å². The van der Waals surface area contributed by atoms with Gasteiger partial charge in [0, 0.05) is 0 Å². The molecule has 2 nitrogen and oxygen atoms in total. The van der Waals surface area contributed by atoms with Gasteiger partial charge in [-0.05, 0) is 0 Å². The topological polar surface area (TPSA) is 52.0 Å². The first-order valence-corrected chi connectivity index (χ1v) is 14.3. The van der Waals surface area contributed by atoms with Crippen LogP contribution < -0.4 is 20.4 Å². The minimum absolute atomic E-state index is 0.0322. The molecule has 0 aliphatic rings. The second kappa shape index (κ2) is 8.19. The summed E-state index contributed by atoms with van der Waals surface area (Å²) >= 11 is 0.883. The first-order chi connectivity index (χ1) is 11.3. The normalized spacial score (nSPS) is 12.4. The molecule has 0 saturated carbocycles. The van der Waals surface area contributed by atoms with Gasteiger partial charge in [-0.15, -0.1) is 0 Å². The van der Waals surface area contributed by atoms with E-state index < -0.39 is 0 Å². The molecule has 2 aromatic rings. The first-order valence-electron chi connectivity index (χ1n) is 8.25. The fraction of sp³-hybridized carbons (Fsp3) is 0.400. The van der Waals surface area contributed by atoms with Crippen LogP contribution in [-0.4, -0.2) is 39.4 Å². The Morgan fingerprint density at radius 3 is 1.33 bits per heavy atom. The van der Waals surface area contributed by atoms with Crippen LogP contribution in [0.4, 0.5) is 0 Å². The summed E-state index contributed by atoms with van der Waals surface area (Å²) < 4.78 is 2.97. The molecule has 130 valence electrons. The molecule has 0 spiro atoms. The van der Waals surface area contributed by atoms with Crippen molar-refractivity contribution in [3.63, 3.8) is 0 Å².